The fraction of sp³-hybridized carbons (Fsp3) is 0.429. The zero-order valence-electron chi connectivity index (χ0n) is 15.4. The lowest BCUT2D eigenvalue weighted by Gasteiger charge is -2.11. The molecule has 1 aliphatic carbocycles. The van der Waals surface area contributed by atoms with Gasteiger partial charge in [-0.1, -0.05) is 30.5 Å². The summed E-state index contributed by atoms with van der Waals surface area (Å²) in [4.78, 5) is 26.5. The van der Waals surface area contributed by atoms with Crippen LogP contribution in [0.25, 0.3) is 0 Å². The molecule has 0 fully saturated rings. The van der Waals surface area contributed by atoms with Crippen molar-refractivity contribution < 1.29 is 14.3 Å². The summed E-state index contributed by atoms with van der Waals surface area (Å²) >= 11 is 1.53. The predicted molar refractivity (Wildman–Crippen MR) is 105 cm³/mol. The van der Waals surface area contributed by atoms with Crippen molar-refractivity contribution in [2.24, 2.45) is 0 Å². The van der Waals surface area contributed by atoms with Gasteiger partial charge in [-0.15, -0.1) is 11.3 Å². The van der Waals surface area contributed by atoms with E-state index in [1.54, 1.807) is 13.0 Å². The zero-order chi connectivity index (χ0) is 18.5. The van der Waals surface area contributed by atoms with E-state index in [4.69, 9.17) is 4.74 Å². The molecule has 1 amide bonds. The van der Waals surface area contributed by atoms with Gasteiger partial charge in [0.2, 0.25) is 0 Å². The van der Waals surface area contributed by atoms with Crippen molar-refractivity contribution in [3.05, 3.63) is 51.4 Å². The van der Waals surface area contributed by atoms with Gasteiger partial charge in [-0.25, -0.2) is 4.79 Å². The summed E-state index contributed by atoms with van der Waals surface area (Å²) in [5, 5.41) is 3.60. The van der Waals surface area contributed by atoms with E-state index < -0.39 is 0 Å². The van der Waals surface area contributed by atoms with E-state index in [0.29, 0.717) is 22.7 Å². The van der Waals surface area contributed by atoms with Crippen LogP contribution in [0.2, 0.25) is 0 Å². The first-order valence-corrected chi connectivity index (χ1v) is 10.1. The largest absolute Gasteiger partial charge is 0.462 e. The molecule has 0 saturated carbocycles. The molecule has 26 heavy (non-hydrogen) atoms. The van der Waals surface area contributed by atoms with E-state index in [1.165, 1.54) is 29.1 Å². The Bertz CT molecular complexity index is 810. The highest BCUT2D eigenvalue weighted by atomic mass is 32.1. The number of amides is 1. The molecule has 138 valence electrons. The van der Waals surface area contributed by atoms with E-state index in [9.17, 15) is 9.59 Å². The lowest BCUT2D eigenvalue weighted by molar-refractivity contribution is 0.0526. The standard InChI is InChI=1S/C21H25NO3S/c1-3-25-21(24)18-16-11-6-4-5-7-12-17(16)26-20(18)22-19(23)15-10-8-9-14(2)13-15/h8-10,13H,3-7,11-12H2,1-2H3,(H,22,23). The molecule has 5 heteroatoms. The fourth-order valence-corrected chi connectivity index (χ4v) is 4.66. The number of hydrogen-bond acceptors (Lipinski definition) is 4. The molecule has 0 bridgehead atoms. The molecule has 1 aromatic heterocycles. The van der Waals surface area contributed by atoms with Crippen LogP contribution in [0.3, 0.4) is 0 Å². The van der Waals surface area contributed by atoms with Crippen molar-refractivity contribution in [1.29, 1.82) is 0 Å². The minimum Gasteiger partial charge on any atom is -0.462 e. The van der Waals surface area contributed by atoms with Crippen molar-refractivity contribution in [3.8, 4) is 0 Å². The van der Waals surface area contributed by atoms with Crippen LogP contribution in [0.15, 0.2) is 24.3 Å². The van der Waals surface area contributed by atoms with E-state index in [2.05, 4.69) is 5.32 Å². The number of nitrogens with one attached hydrogen (secondary N) is 1. The maximum atomic E-state index is 12.7. The molecule has 4 nitrogen and oxygen atoms in total. The number of benzene rings is 1. The molecule has 0 atom stereocenters. The molecule has 1 aromatic carbocycles. The van der Waals surface area contributed by atoms with Crippen LogP contribution in [-0.4, -0.2) is 18.5 Å². The third-order valence-electron chi connectivity index (χ3n) is 4.66. The molecule has 0 unspecified atom stereocenters. The number of anilines is 1. The number of esters is 1. The Balaban J connectivity index is 1.95. The maximum Gasteiger partial charge on any atom is 0.341 e. The SMILES string of the molecule is CCOC(=O)c1c(NC(=O)c2cccc(C)c2)sc2c1CCCCCC2. The number of rotatable bonds is 4. The zero-order valence-corrected chi connectivity index (χ0v) is 16.2. The number of thiophene rings is 1. The minimum atomic E-state index is -0.329. The normalized spacial score (nSPS) is 14.1. The number of carbonyl (C=O) groups is 2. The van der Waals surface area contributed by atoms with Gasteiger partial charge in [-0.3, -0.25) is 4.79 Å². The van der Waals surface area contributed by atoms with E-state index in [-0.39, 0.29) is 11.9 Å². The average Bonchev–Trinajstić information content (AvgIpc) is 2.91. The van der Waals surface area contributed by atoms with Gasteiger partial charge in [0.1, 0.15) is 5.00 Å². The molecular weight excluding hydrogens is 346 g/mol. The molecule has 1 heterocycles. The van der Waals surface area contributed by atoms with Gasteiger partial charge in [-0.05, 0) is 57.2 Å². The maximum absolute atomic E-state index is 12.7. The Morgan fingerprint density at radius 1 is 1.15 bits per heavy atom. The van der Waals surface area contributed by atoms with Gasteiger partial charge in [0.15, 0.2) is 0 Å². The van der Waals surface area contributed by atoms with Gasteiger partial charge in [0.25, 0.3) is 5.91 Å². The number of fused-ring (bicyclic) bond motifs is 1. The van der Waals surface area contributed by atoms with Crippen LogP contribution in [0, 0.1) is 6.92 Å². The summed E-state index contributed by atoms with van der Waals surface area (Å²) < 4.78 is 5.29. The van der Waals surface area contributed by atoms with Crippen LogP contribution >= 0.6 is 11.3 Å². The first-order chi connectivity index (χ1) is 12.6. The van der Waals surface area contributed by atoms with E-state index in [1.807, 2.05) is 25.1 Å². The van der Waals surface area contributed by atoms with Crippen molar-refractivity contribution in [1.82, 2.24) is 0 Å². The molecule has 0 spiro atoms. The number of aryl methyl sites for hydroxylation is 2. The molecule has 0 radical (unpaired) electrons. The van der Waals surface area contributed by atoms with Crippen molar-refractivity contribution in [3.63, 3.8) is 0 Å². The Hall–Kier alpha value is -2.14. The highest BCUT2D eigenvalue weighted by molar-refractivity contribution is 7.17. The minimum absolute atomic E-state index is 0.187. The molecular formula is C21H25NO3S. The second-order valence-corrected chi connectivity index (χ2v) is 7.77. The lowest BCUT2D eigenvalue weighted by atomic mass is 9.96. The van der Waals surface area contributed by atoms with Crippen molar-refractivity contribution in [2.45, 2.75) is 52.4 Å². The molecule has 0 aliphatic heterocycles. The molecule has 2 aromatic rings. The van der Waals surface area contributed by atoms with Crippen LogP contribution in [-0.2, 0) is 17.6 Å². The van der Waals surface area contributed by atoms with Gasteiger partial charge < -0.3 is 10.1 Å². The van der Waals surface area contributed by atoms with Gasteiger partial charge in [0, 0.05) is 10.4 Å². The number of hydrogen-bond donors (Lipinski definition) is 1. The average molecular weight is 372 g/mol. The second kappa shape index (κ2) is 8.49. The lowest BCUT2D eigenvalue weighted by Crippen LogP contribution is -2.15. The first-order valence-electron chi connectivity index (χ1n) is 9.29. The highest BCUT2D eigenvalue weighted by Crippen LogP contribution is 2.37. The van der Waals surface area contributed by atoms with Crippen LogP contribution in [0.5, 0.6) is 0 Å². The van der Waals surface area contributed by atoms with Crippen LogP contribution in [0.1, 0.15) is 69.3 Å². The summed E-state index contributed by atoms with van der Waals surface area (Å²) in [5.41, 5.74) is 3.27. The predicted octanol–water partition coefficient (Wildman–Crippen LogP) is 5.14. The fourth-order valence-electron chi connectivity index (χ4n) is 3.39. The van der Waals surface area contributed by atoms with Crippen molar-refractivity contribution >= 4 is 28.2 Å². The molecule has 1 aliphatic rings. The van der Waals surface area contributed by atoms with Crippen LogP contribution < -0.4 is 5.32 Å². The summed E-state index contributed by atoms with van der Waals surface area (Å²) in [6, 6.07) is 7.46. The Morgan fingerprint density at radius 2 is 1.92 bits per heavy atom. The Morgan fingerprint density at radius 3 is 2.65 bits per heavy atom. The van der Waals surface area contributed by atoms with Gasteiger partial charge in [-0.2, -0.15) is 0 Å². The molecule has 0 saturated heterocycles. The van der Waals surface area contributed by atoms with Gasteiger partial charge in [0.05, 0.1) is 12.2 Å². The smallest absolute Gasteiger partial charge is 0.341 e. The topological polar surface area (TPSA) is 55.4 Å². The third-order valence-corrected chi connectivity index (χ3v) is 5.87. The van der Waals surface area contributed by atoms with E-state index in [0.717, 1.165) is 36.8 Å². The highest BCUT2D eigenvalue weighted by Gasteiger charge is 2.26. The molecule has 3 rings (SSSR count). The monoisotopic (exact) mass is 371 g/mol. The summed E-state index contributed by atoms with van der Waals surface area (Å²) in [5.74, 6) is -0.515. The summed E-state index contributed by atoms with van der Waals surface area (Å²) in [7, 11) is 0. The first kappa shape index (κ1) is 18.6. The quantitative estimate of drug-likeness (QED) is 0.757. The van der Waals surface area contributed by atoms with Crippen molar-refractivity contribution in [2.75, 3.05) is 11.9 Å². The summed E-state index contributed by atoms with van der Waals surface area (Å²) in [6.45, 7) is 4.09. The van der Waals surface area contributed by atoms with Crippen LogP contribution in [0.4, 0.5) is 5.00 Å². The summed E-state index contributed by atoms with van der Waals surface area (Å²) in [6.07, 6.45) is 6.44. The number of ether oxygens (including phenoxy) is 1. The van der Waals surface area contributed by atoms with Gasteiger partial charge >= 0.3 is 5.97 Å². The second-order valence-electron chi connectivity index (χ2n) is 6.67. The third kappa shape index (κ3) is 4.15. The number of carbonyl (C=O) groups excluding carboxylic acids is 2. The Labute approximate surface area is 158 Å². The van der Waals surface area contributed by atoms with E-state index >= 15 is 0 Å². The molecule has 1 N–H and O–H groups in total. The Kier molecular flexibility index (Phi) is 6.09.